The topological polar surface area (TPSA) is 88.2 Å². The lowest BCUT2D eigenvalue weighted by Crippen LogP contribution is -2.07. The van der Waals surface area contributed by atoms with Gasteiger partial charge in [0.1, 0.15) is 0 Å². The number of nitrogens with zero attached hydrogens (tertiary/aromatic N) is 2. The minimum atomic E-state index is -0.921. The highest BCUT2D eigenvalue weighted by Crippen LogP contribution is 2.16. The summed E-state index contributed by atoms with van der Waals surface area (Å²) in [5, 5.41) is 15.6. The number of aromatic nitrogens is 2. The molecule has 0 radical (unpaired) electrons. The van der Waals surface area contributed by atoms with E-state index in [9.17, 15) is 4.79 Å². The van der Waals surface area contributed by atoms with Crippen LogP contribution in [0.1, 0.15) is 21.8 Å². The van der Waals surface area contributed by atoms with Crippen LogP contribution in [0.25, 0.3) is 0 Å². The Morgan fingerprint density at radius 2 is 2.33 bits per heavy atom. The summed E-state index contributed by atoms with van der Waals surface area (Å²) in [5.41, 5.74) is 2.08. The lowest BCUT2D eigenvalue weighted by Gasteiger charge is -2.08. The quantitative estimate of drug-likeness (QED) is 0.836. The summed E-state index contributed by atoms with van der Waals surface area (Å²) < 4.78 is 4.87. The smallest absolute Gasteiger partial charge is 0.335 e. The fourth-order valence-corrected chi connectivity index (χ4v) is 1.61. The predicted octanol–water partition coefficient (Wildman–Crippen LogP) is 1.73. The Bertz CT molecular complexity index is 538. The van der Waals surface area contributed by atoms with Crippen molar-refractivity contribution in [2.45, 2.75) is 13.3 Å². The number of carbonyl (C=O) groups is 1. The molecular formula is C12H13N3O3. The van der Waals surface area contributed by atoms with Crippen molar-refractivity contribution >= 4 is 11.7 Å². The lowest BCUT2D eigenvalue weighted by molar-refractivity contribution is 0.0697. The zero-order valence-electron chi connectivity index (χ0n) is 9.88. The molecule has 0 aliphatic carbocycles. The van der Waals surface area contributed by atoms with Crippen LogP contribution in [0.2, 0.25) is 0 Å². The number of carboxylic acids is 1. The first-order chi connectivity index (χ1) is 8.66. The fraction of sp³-hybridized carbons (Fsp3) is 0.250. The molecular weight excluding hydrogens is 234 g/mol. The molecule has 0 atom stereocenters. The highest BCUT2D eigenvalue weighted by atomic mass is 16.5. The van der Waals surface area contributed by atoms with Crippen molar-refractivity contribution in [2.24, 2.45) is 0 Å². The van der Waals surface area contributed by atoms with Crippen LogP contribution in [-0.2, 0) is 6.42 Å². The summed E-state index contributed by atoms with van der Waals surface area (Å²) in [7, 11) is 0. The van der Waals surface area contributed by atoms with Crippen LogP contribution in [0.15, 0.2) is 29.0 Å². The third-order valence-electron chi connectivity index (χ3n) is 2.53. The van der Waals surface area contributed by atoms with E-state index in [0.29, 0.717) is 18.9 Å². The van der Waals surface area contributed by atoms with E-state index in [0.717, 1.165) is 11.3 Å². The van der Waals surface area contributed by atoms with E-state index >= 15 is 0 Å². The molecule has 1 heterocycles. The van der Waals surface area contributed by atoms with Gasteiger partial charge in [-0.2, -0.15) is 4.98 Å². The third kappa shape index (κ3) is 2.85. The molecule has 0 saturated carbocycles. The second-order valence-corrected chi connectivity index (χ2v) is 3.85. The number of hydrogen-bond acceptors (Lipinski definition) is 5. The van der Waals surface area contributed by atoms with Crippen LogP contribution in [0, 0.1) is 6.92 Å². The first-order valence-electron chi connectivity index (χ1n) is 5.50. The summed E-state index contributed by atoms with van der Waals surface area (Å²) in [6.07, 6.45) is 1.99. The molecule has 1 aromatic carbocycles. The van der Waals surface area contributed by atoms with Crippen molar-refractivity contribution in [1.82, 2.24) is 10.1 Å². The molecule has 6 heteroatoms. The number of aromatic carboxylic acids is 1. The van der Waals surface area contributed by atoms with Gasteiger partial charge in [-0.25, -0.2) is 4.79 Å². The second kappa shape index (κ2) is 5.31. The monoisotopic (exact) mass is 247 g/mol. The van der Waals surface area contributed by atoms with Crippen LogP contribution in [0.4, 0.5) is 5.69 Å². The zero-order valence-corrected chi connectivity index (χ0v) is 9.88. The highest BCUT2D eigenvalue weighted by Gasteiger charge is 2.05. The Hall–Kier alpha value is -2.37. The molecule has 0 aliphatic rings. The summed E-state index contributed by atoms with van der Waals surface area (Å²) in [6, 6.07) is 4.97. The Balaban J connectivity index is 1.95. The molecule has 2 rings (SSSR count). The molecule has 1 aromatic heterocycles. The molecule has 0 unspecified atom stereocenters. The van der Waals surface area contributed by atoms with E-state index in [1.807, 2.05) is 6.92 Å². The zero-order chi connectivity index (χ0) is 13.0. The van der Waals surface area contributed by atoms with Gasteiger partial charge in [0.2, 0.25) is 5.89 Å². The number of nitrogens with one attached hydrogen (secondary N) is 1. The second-order valence-electron chi connectivity index (χ2n) is 3.85. The molecule has 6 nitrogen and oxygen atoms in total. The maximum atomic E-state index is 10.8. The summed E-state index contributed by atoms with van der Waals surface area (Å²) in [4.78, 5) is 14.7. The van der Waals surface area contributed by atoms with Crippen molar-refractivity contribution in [3.05, 3.63) is 41.5 Å². The van der Waals surface area contributed by atoms with Gasteiger partial charge < -0.3 is 14.9 Å². The van der Waals surface area contributed by atoms with E-state index < -0.39 is 5.97 Å². The molecule has 0 spiro atoms. The largest absolute Gasteiger partial charge is 0.478 e. The van der Waals surface area contributed by atoms with Gasteiger partial charge in [0.15, 0.2) is 6.33 Å². The van der Waals surface area contributed by atoms with Crippen molar-refractivity contribution in [3.8, 4) is 0 Å². The SMILES string of the molecule is Cc1cc(C(=O)O)ccc1NCCc1ncno1. The van der Waals surface area contributed by atoms with E-state index in [1.165, 1.54) is 6.33 Å². The van der Waals surface area contributed by atoms with Crippen molar-refractivity contribution in [1.29, 1.82) is 0 Å². The molecule has 0 aliphatic heterocycles. The Labute approximate surface area is 104 Å². The maximum absolute atomic E-state index is 10.8. The van der Waals surface area contributed by atoms with Crippen molar-refractivity contribution in [2.75, 3.05) is 11.9 Å². The molecule has 0 saturated heterocycles. The van der Waals surface area contributed by atoms with Gasteiger partial charge in [-0.1, -0.05) is 5.16 Å². The van der Waals surface area contributed by atoms with Crippen molar-refractivity contribution in [3.63, 3.8) is 0 Å². The lowest BCUT2D eigenvalue weighted by atomic mass is 10.1. The minimum absolute atomic E-state index is 0.287. The van der Waals surface area contributed by atoms with Gasteiger partial charge in [-0.15, -0.1) is 0 Å². The molecule has 2 N–H and O–H groups in total. The van der Waals surface area contributed by atoms with Gasteiger partial charge >= 0.3 is 5.97 Å². The minimum Gasteiger partial charge on any atom is -0.478 e. The number of aryl methyl sites for hydroxylation is 1. The standard InChI is InChI=1S/C12H13N3O3/c1-8-6-9(12(16)17)2-3-10(8)13-5-4-11-14-7-15-18-11/h2-3,6-7,13H,4-5H2,1H3,(H,16,17). The van der Waals surface area contributed by atoms with Gasteiger partial charge in [0.25, 0.3) is 0 Å². The van der Waals surface area contributed by atoms with E-state index in [2.05, 4.69) is 15.5 Å². The Kier molecular flexibility index (Phi) is 3.57. The molecule has 0 amide bonds. The highest BCUT2D eigenvalue weighted by molar-refractivity contribution is 5.88. The van der Waals surface area contributed by atoms with Gasteiger partial charge in [0.05, 0.1) is 5.56 Å². The van der Waals surface area contributed by atoms with Crippen LogP contribution >= 0.6 is 0 Å². The first-order valence-corrected chi connectivity index (χ1v) is 5.50. The Morgan fingerprint density at radius 3 is 2.94 bits per heavy atom. The summed E-state index contributed by atoms with van der Waals surface area (Å²) >= 11 is 0. The van der Waals surface area contributed by atoms with Crippen LogP contribution < -0.4 is 5.32 Å². The maximum Gasteiger partial charge on any atom is 0.335 e. The molecule has 18 heavy (non-hydrogen) atoms. The summed E-state index contributed by atoms with van der Waals surface area (Å²) in [6.45, 7) is 2.51. The number of rotatable bonds is 5. The van der Waals surface area contributed by atoms with Gasteiger partial charge in [0, 0.05) is 18.7 Å². The third-order valence-corrected chi connectivity index (χ3v) is 2.53. The van der Waals surface area contributed by atoms with Crippen LogP contribution in [0.5, 0.6) is 0 Å². The average molecular weight is 247 g/mol. The molecule has 2 aromatic rings. The van der Waals surface area contributed by atoms with Gasteiger partial charge in [-0.3, -0.25) is 0 Å². The Morgan fingerprint density at radius 1 is 1.50 bits per heavy atom. The van der Waals surface area contributed by atoms with Crippen molar-refractivity contribution < 1.29 is 14.4 Å². The summed E-state index contributed by atoms with van der Waals surface area (Å²) in [5.74, 6) is -0.349. The van der Waals surface area contributed by atoms with E-state index in [4.69, 9.17) is 9.63 Å². The normalized spacial score (nSPS) is 10.3. The number of benzene rings is 1. The predicted molar refractivity (Wildman–Crippen MR) is 64.6 cm³/mol. The number of anilines is 1. The molecule has 0 bridgehead atoms. The van der Waals surface area contributed by atoms with Gasteiger partial charge in [-0.05, 0) is 30.7 Å². The van der Waals surface area contributed by atoms with Crippen LogP contribution in [-0.4, -0.2) is 27.8 Å². The molecule has 0 fully saturated rings. The van der Waals surface area contributed by atoms with E-state index in [-0.39, 0.29) is 5.56 Å². The number of hydrogen-bond donors (Lipinski definition) is 2. The van der Waals surface area contributed by atoms with Crippen LogP contribution in [0.3, 0.4) is 0 Å². The first kappa shape index (κ1) is 12.1. The van der Waals surface area contributed by atoms with E-state index in [1.54, 1.807) is 18.2 Å². The molecule has 94 valence electrons. The number of carboxylic acid groups (broad SMARTS) is 1. The fourth-order valence-electron chi connectivity index (χ4n) is 1.61. The average Bonchev–Trinajstić information content (AvgIpc) is 2.84.